The summed E-state index contributed by atoms with van der Waals surface area (Å²) in [7, 11) is 0. The molecule has 0 radical (unpaired) electrons. The van der Waals surface area contributed by atoms with E-state index in [0.717, 1.165) is 40.0 Å². The number of nitrogens with zero attached hydrogens (tertiary/aromatic N) is 3. The van der Waals surface area contributed by atoms with E-state index in [4.69, 9.17) is 9.72 Å². The maximum Gasteiger partial charge on any atom is 0.264 e. The van der Waals surface area contributed by atoms with Gasteiger partial charge in [0.1, 0.15) is 17.1 Å². The van der Waals surface area contributed by atoms with Gasteiger partial charge in [0.05, 0.1) is 10.2 Å². The van der Waals surface area contributed by atoms with Crippen LogP contribution in [0.5, 0.6) is 5.75 Å². The van der Waals surface area contributed by atoms with Gasteiger partial charge in [-0.05, 0) is 48.6 Å². The number of fused-ring (bicyclic) bond motifs is 2. The fraction of sp³-hybridized carbons (Fsp3) is 0.320. The molecule has 1 N–H and O–H groups in total. The van der Waals surface area contributed by atoms with Crippen molar-refractivity contribution in [3.8, 4) is 5.75 Å². The van der Waals surface area contributed by atoms with Gasteiger partial charge in [-0.15, -0.1) is 0 Å². The van der Waals surface area contributed by atoms with E-state index in [0.29, 0.717) is 22.7 Å². The molecule has 0 aliphatic carbocycles. The first kappa shape index (κ1) is 20.7. The van der Waals surface area contributed by atoms with Crippen LogP contribution in [0.3, 0.4) is 0 Å². The Morgan fingerprint density at radius 3 is 2.69 bits per heavy atom. The molecule has 3 heterocycles. The van der Waals surface area contributed by atoms with Crippen LogP contribution in [0.15, 0.2) is 54.6 Å². The summed E-state index contributed by atoms with van der Waals surface area (Å²) in [6.07, 6.45) is 1.25. The van der Waals surface area contributed by atoms with E-state index in [9.17, 15) is 4.79 Å². The Balaban J connectivity index is 1.31. The van der Waals surface area contributed by atoms with E-state index < -0.39 is 0 Å². The van der Waals surface area contributed by atoms with E-state index in [1.54, 1.807) is 0 Å². The lowest BCUT2D eigenvalue weighted by atomic mass is 9.92. The van der Waals surface area contributed by atoms with Crippen molar-refractivity contribution in [2.45, 2.75) is 20.3 Å². The highest BCUT2D eigenvalue weighted by molar-refractivity contribution is 7.22. The molecule has 0 bridgehead atoms. The molecule has 4 aromatic rings. The number of anilines is 2. The second-order valence-electron chi connectivity index (χ2n) is 8.67. The molecule has 2 aromatic heterocycles. The fourth-order valence-electron chi connectivity index (χ4n) is 4.48. The number of amides is 1. The molecule has 1 saturated heterocycles. The molecule has 5 rings (SSSR count). The van der Waals surface area contributed by atoms with Gasteiger partial charge in [0.15, 0.2) is 11.7 Å². The first-order valence-corrected chi connectivity index (χ1v) is 11.8. The molecule has 7 heteroatoms. The number of aromatic nitrogens is 2. The van der Waals surface area contributed by atoms with E-state index >= 15 is 0 Å². The van der Waals surface area contributed by atoms with Gasteiger partial charge in [0.2, 0.25) is 0 Å². The number of piperidine rings is 1. The second kappa shape index (κ2) is 8.74. The van der Waals surface area contributed by atoms with Crippen LogP contribution in [0.25, 0.3) is 21.1 Å². The van der Waals surface area contributed by atoms with E-state index in [1.165, 1.54) is 17.8 Å². The van der Waals surface area contributed by atoms with Crippen molar-refractivity contribution >= 4 is 49.3 Å². The maximum absolute atomic E-state index is 12.5. The van der Waals surface area contributed by atoms with Crippen molar-refractivity contribution in [2.75, 3.05) is 29.9 Å². The van der Waals surface area contributed by atoms with Crippen LogP contribution in [-0.4, -0.2) is 35.6 Å². The van der Waals surface area contributed by atoms with Crippen molar-refractivity contribution in [2.24, 2.45) is 11.8 Å². The largest absolute Gasteiger partial charge is 0.481 e. The van der Waals surface area contributed by atoms with Gasteiger partial charge in [-0.25, -0.2) is 9.97 Å². The molecular weight excluding hydrogens is 420 g/mol. The van der Waals surface area contributed by atoms with E-state index in [1.807, 2.05) is 42.5 Å². The lowest BCUT2D eigenvalue weighted by molar-refractivity contribution is -0.118. The third-order valence-corrected chi connectivity index (χ3v) is 6.71. The number of para-hydroxylation sites is 2. The number of rotatable bonds is 5. The lowest BCUT2D eigenvalue weighted by Gasteiger charge is -2.35. The highest BCUT2D eigenvalue weighted by Gasteiger charge is 2.23. The molecule has 1 aliphatic rings. The zero-order valence-corrected chi connectivity index (χ0v) is 19.1. The summed E-state index contributed by atoms with van der Waals surface area (Å²) in [5.41, 5.74) is 1.66. The Kier molecular flexibility index (Phi) is 5.66. The monoisotopic (exact) mass is 446 g/mol. The molecule has 1 amide bonds. The average Bonchev–Trinajstić information content (AvgIpc) is 3.19. The number of hydrogen-bond acceptors (Lipinski definition) is 6. The van der Waals surface area contributed by atoms with Crippen LogP contribution in [-0.2, 0) is 4.79 Å². The third-order valence-electron chi connectivity index (χ3n) is 5.76. The molecule has 164 valence electrons. The van der Waals surface area contributed by atoms with Gasteiger partial charge in [-0.1, -0.05) is 49.4 Å². The predicted octanol–water partition coefficient (Wildman–Crippen LogP) is 5.34. The van der Waals surface area contributed by atoms with Gasteiger partial charge in [-0.2, -0.15) is 0 Å². The van der Waals surface area contributed by atoms with Crippen LogP contribution < -0.4 is 15.0 Å². The highest BCUT2D eigenvalue weighted by Crippen LogP contribution is 2.30. The first-order valence-electron chi connectivity index (χ1n) is 11.0. The normalized spacial score (nSPS) is 18.8. The number of benzene rings is 2. The summed E-state index contributed by atoms with van der Waals surface area (Å²) >= 11 is 1.45. The standard InChI is InChI=1S/C25H26N4O2S/c1-16-12-17(2)14-29(13-16)22-11-10-18-6-5-8-20(24(18)27-22)31-15-23(30)28-25-26-19-7-3-4-9-21(19)32-25/h3-11,16-17H,12-15H2,1-2H3,(H,26,28,30). The zero-order chi connectivity index (χ0) is 22.1. The molecule has 2 atom stereocenters. The number of pyridine rings is 1. The van der Waals surface area contributed by atoms with Crippen molar-refractivity contribution in [1.29, 1.82) is 0 Å². The summed E-state index contributed by atoms with van der Waals surface area (Å²) in [5.74, 6) is 2.63. The Morgan fingerprint density at radius 2 is 1.88 bits per heavy atom. The Labute approximate surface area is 191 Å². The summed E-state index contributed by atoms with van der Waals surface area (Å²) in [4.78, 5) is 24.2. The van der Waals surface area contributed by atoms with E-state index in [2.05, 4.69) is 41.2 Å². The molecule has 2 unspecified atom stereocenters. The van der Waals surface area contributed by atoms with E-state index in [-0.39, 0.29) is 12.5 Å². The van der Waals surface area contributed by atoms with Crippen molar-refractivity contribution < 1.29 is 9.53 Å². The highest BCUT2D eigenvalue weighted by atomic mass is 32.1. The van der Waals surface area contributed by atoms with Gasteiger partial charge in [0, 0.05) is 18.5 Å². The number of carbonyl (C=O) groups excluding carboxylic acids is 1. The molecule has 0 saturated carbocycles. The van der Waals surface area contributed by atoms with Gasteiger partial charge >= 0.3 is 0 Å². The minimum absolute atomic E-state index is 0.0985. The van der Waals surface area contributed by atoms with Crippen LogP contribution in [0.4, 0.5) is 10.9 Å². The van der Waals surface area contributed by atoms with Crippen LogP contribution in [0.1, 0.15) is 20.3 Å². The van der Waals surface area contributed by atoms with Gasteiger partial charge < -0.3 is 9.64 Å². The van der Waals surface area contributed by atoms with Crippen LogP contribution >= 0.6 is 11.3 Å². The molecular formula is C25H26N4O2S. The van der Waals surface area contributed by atoms with Gasteiger partial charge in [-0.3, -0.25) is 10.1 Å². The SMILES string of the molecule is CC1CC(C)CN(c2ccc3cccc(OCC(=O)Nc4nc5ccccc5s4)c3n2)C1. The number of thiazole rings is 1. The summed E-state index contributed by atoms with van der Waals surface area (Å²) in [5, 5.41) is 4.41. The van der Waals surface area contributed by atoms with Gasteiger partial charge in [0.25, 0.3) is 5.91 Å². The Bertz CT molecular complexity index is 1230. The summed E-state index contributed by atoms with van der Waals surface area (Å²) in [6.45, 7) is 6.51. The van der Waals surface area contributed by atoms with Crippen molar-refractivity contribution in [3.05, 3.63) is 54.6 Å². The molecule has 32 heavy (non-hydrogen) atoms. The molecule has 2 aromatic carbocycles. The van der Waals surface area contributed by atoms with Crippen molar-refractivity contribution in [3.63, 3.8) is 0 Å². The smallest absolute Gasteiger partial charge is 0.264 e. The molecule has 6 nitrogen and oxygen atoms in total. The summed E-state index contributed by atoms with van der Waals surface area (Å²) in [6, 6.07) is 17.8. The molecule has 0 spiro atoms. The quantitative estimate of drug-likeness (QED) is 0.448. The molecule has 1 aliphatic heterocycles. The number of hydrogen-bond donors (Lipinski definition) is 1. The topological polar surface area (TPSA) is 67.3 Å². The predicted molar refractivity (Wildman–Crippen MR) is 131 cm³/mol. The minimum Gasteiger partial charge on any atom is -0.481 e. The number of ether oxygens (including phenoxy) is 1. The number of nitrogens with one attached hydrogen (secondary N) is 1. The Morgan fingerprint density at radius 1 is 1.06 bits per heavy atom. The fourth-order valence-corrected chi connectivity index (χ4v) is 5.36. The van der Waals surface area contributed by atoms with Crippen LogP contribution in [0, 0.1) is 11.8 Å². The molecule has 1 fully saturated rings. The zero-order valence-electron chi connectivity index (χ0n) is 18.2. The number of carbonyl (C=O) groups is 1. The summed E-state index contributed by atoms with van der Waals surface area (Å²) < 4.78 is 6.93. The minimum atomic E-state index is -0.240. The van der Waals surface area contributed by atoms with Crippen molar-refractivity contribution in [1.82, 2.24) is 9.97 Å². The lowest BCUT2D eigenvalue weighted by Crippen LogP contribution is -2.39. The van der Waals surface area contributed by atoms with Crippen LogP contribution in [0.2, 0.25) is 0 Å². The maximum atomic E-state index is 12.5. The first-order chi connectivity index (χ1) is 15.5. The average molecular weight is 447 g/mol. The third kappa shape index (κ3) is 4.39. The Hall–Kier alpha value is -3.19. The second-order valence-corrected chi connectivity index (χ2v) is 9.70.